The molecule has 2 rings (SSSR count). The highest BCUT2D eigenvalue weighted by molar-refractivity contribution is 5.66. The Kier molecular flexibility index (Phi) is 7.34. The Morgan fingerprint density at radius 3 is 1.96 bits per heavy atom. The Balaban J connectivity index is 1.73. The molecule has 2 N–H and O–H groups in total. The van der Waals surface area contributed by atoms with Gasteiger partial charge in [-0.1, -0.05) is 49.2 Å². The number of hydrogen-bond acceptors (Lipinski definition) is 2. The van der Waals surface area contributed by atoms with Crippen molar-refractivity contribution >= 4 is 11.7 Å². The number of aliphatic carboxylic acids is 1. The zero-order chi connectivity index (χ0) is 17.2. The zero-order valence-corrected chi connectivity index (χ0v) is 14.4. The largest absolute Gasteiger partial charge is 0.481 e. The topological polar surface area (TPSA) is 49.3 Å². The molecule has 0 amide bonds. The van der Waals surface area contributed by atoms with E-state index in [1.807, 2.05) is 7.05 Å². The van der Waals surface area contributed by atoms with Crippen LogP contribution in [0.4, 0.5) is 5.69 Å². The molecule has 0 heterocycles. The van der Waals surface area contributed by atoms with E-state index in [0.717, 1.165) is 44.2 Å². The van der Waals surface area contributed by atoms with Crippen molar-refractivity contribution in [1.29, 1.82) is 0 Å². The van der Waals surface area contributed by atoms with Gasteiger partial charge in [0.05, 0.1) is 0 Å². The summed E-state index contributed by atoms with van der Waals surface area (Å²) in [5.74, 6) is -0.689. The van der Waals surface area contributed by atoms with Gasteiger partial charge in [0.1, 0.15) is 0 Å². The van der Waals surface area contributed by atoms with Crippen molar-refractivity contribution in [1.82, 2.24) is 0 Å². The molecule has 0 atom stereocenters. The summed E-state index contributed by atoms with van der Waals surface area (Å²) in [4.78, 5) is 10.4. The van der Waals surface area contributed by atoms with Crippen LogP contribution in [0.1, 0.15) is 48.8 Å². The standard InChI is InChI=1S/C21H27NO2/c1-22-20-14-12-19(13-15-20)16-18-10-8-17(9-11-18)6-4-2-3-5-7-21(23)24/h8-15,22H,2-7,16H2,1H3,(H,23,24). The SMILES string of the molecule is CNc1ccc(Cc2ccc(CCCCCCC(=O)O)cc2)cc1. The van der Waals surface area contributed by atoms with Crippen LogP contribution in [0.2, 0.25) is 0 Å². The molecule has 0 saturated heterocycles. The molecule has 0 saturated carbocycles. The quantitative estimate of drug-likeness (QED) is 0.611. The molecule has 2 aromatic rings. The lowest BCUT2D eigenvalue weighted by Gasteiger charge is -2.06. The molecule has 0 fully saturated rings. The minimum Gasteiger partial charge on any atom is -0.481 e. The van der Waals surface area contributed by atoms with Crippen LogP contribution in [-0.2, 0) is 17.6 Å². The fourth-order valence-corrected chi connectivity index (χ4v) is 2.81. The van der Waals surface area contributed by atoms with Gasteiger partial charge in [0.2, 0.25) is 0 Å². The van der Waals surface area contributed by atoms with Crippen LogP contribution in [0.5, 0.6) is 0 Å². The monoisotopic (exact) mass is 325 g/mol. The minimum absolute atomic E-state index is 0.296. The summed E-state index contributed by atoms with van der Waals surface area (Å²) in [6.07, 6.45) is 6.36. The van der Waals surface area contributed by atoms with Gasteiger partial charge in [-0.2, -0.15) is 0 Å². The van der Waals surface area contributed by atoms with Gasteiger partial charge in [-0.3, -0.25) is 4.79 Å². The molecule has 128 valence electrons. The maximum Gasteiger partial charge on any atom is 0.303 e. The van der Waals surface area contributed by atoms with E-state index in [4.69, 9.17) is 5.11 Å². The lowest BCUT2D eigenvalue weighted by atomic mass is 10.0. The smallest absolute Gasteiger partial charge is 0.303 e. The number of hydrogen-bond donors (Lipinski definition) is 2. The van der Waals surface area contributed by atoms with Crippen LogP contribution >= 0.6 is 0 Å². The predicted molar refractivity (Wildman–Crippen MR) is 99.7 cm³/mol. The molecule has 0 spiro atoms. The van der Waals surface area contributed by atoms with Crippen LogP contribution < -0.4 is 5.32 Å². The first-order valence-electron chi connectivity index (χ1n) is 8.73. The summed E-state index contributed by atoms with van der Waals surface area (Å²) in [5.41, 5.74) is 5.15. The molecule has 0 radical (unpaired) electrons. The summed E-state index contributed by atoms with van der Waals surface area (Å²) in [6, 6.07) is 17.4. The number of aryl methyl sites for hydroxylation is 1. The summed E-state index contributed by atoms with van der Waals surface area (Å²) >= 11 is 0. The Hall–Kier alpha value is -2.29. The first-order valence-corrected chi connectivity index (χ1v) is 8.73. The fraction of sp³-hybridized carbons (Fsp3) is 0.381. The third kappa shape index (κ3) is 6.45. The van der Waals surface area contributed by atoms with Gasteiger partial charge in [-0.25, -0.2) is 0 Å². The highest BCUT2D eigenvalue weighted by atomic mass is 16.4. The predicted octanol–water partition coefficient (Wildman–Crippen LogP) is 4.90. The summed E-state index contributed by atoms with van der Waals surface area (Å²) < 4.78 is 0. The lowest BCUT2D eigenvalue weighted by molar-refractivity contribution is -0.137. The van der Waals surface area contributed by atoms with Crippen molar-refractivity contribution in [3.8, 4) is 0 Å². The molecule has 0 unspecified atom stereocenters. The second-order valence-corrected chi connectivity index (χ2v) is 6.25. The van der Waals surface area contributed by atoms with Gasteiger partial charge in [-0.15, -0.1) is 0 Å². The van der Waals surface area contributed by atoms with Crippen molar-refractivity contribution in [2.45, 2.75) is 44.9 Å². The van der Waals surface area contributed by atoms with Crippen LogP contribution in [0.15, 0.2) is 48.5 Å². The molecule has 0 aliphatic heterocycles. The van der Waals surface area contributed by atoms with E-state index in [9.17, 15) is 4.79 Å². The van der Waals surface area contributed by atoms with E-state index in [1.165, 1.54) is 16.7 Å². The fourth-order valence-electron chi connectivity index (χ4n) is 2.81. The number of carboxylic acids is 1. The first-order chi connectivity index (χ1) is 11.7. The Morgan fingerprint density at radius 2 is 1.38 bits per heavy atom. The van der Waals surface area contributed by atoms with Gasteiger partial charge < -0.3 is 10.4 Å². The second-order valence-electron chi connectivity index (χ2n) is 6.25. The highest BCUT2D eigenvalue weighted by Crippen LogP contribution is 2.15. The van der Waals surface area contributed by atoms with Gasteiger partial charge >= 0.3 is 5.97 Å². The molecule has 3 heteroatoms. The third-order valence-electron chi connectivity index (χ3n) is 4.28. The van der Waals surface area contributed by atoms with Crippen LogP contribution in [0, 0.1) is 0 Å². The van der Waals surface area contributed by atoms with Gasteiger partial charge in [0, 0.05) is 19.2 Å². The summed E-state index contributed by atoms with van der Waals surface area (Å²) in [7, 11) is 1.93. The normalized spacial score (nSPS) is 10.5. The van der Waals surface area contributed by atoms with Crippen LogP contribution in [0.25, 0.3) is 0 Å². The number of carbonyl (C=O) groups is 1. The second kappa shape index (κ2) is 9.76. The Labute approximate surface area is 144 Å². The van der Waals surface area contributed by atoms with E-state index in [-0.39, 0.29) is 0 Å². The Bertz CT molecular complexity index is 617. The number of benzene rings is 2. The van der Waals surface area contributed by atoms with Crippen molar-refractivity contribution in [2.75, 3.05) is 12.4 Å². The van der Waals surface area contributed by atoms with Gasteiger partial charge in [0.25, 0.3) is 0 Å². The number of carboxylic acid groups (broad SMARTS) is 1. The lowest BCUT2D eigenvalue weighted by Crippen LogP contribution is -1.94. The van der Waals surface area contributed by atoms with E-state index < -0.39 is 5.97 Å². The summed E-state index contributed by atoms with van der Waals surface area (Å²) in [5, 5.41) is 11.7. The minimum atomic E-state index is -0.689. The number of rotatable bonds is 10. The van der Waals surface area contributed by atoms with E-state index in [2.05, 4.69) is 53.8 Å². The zero-order valence-electron chi connectivity index (χ0n) is 14.4. The molecular formula is C21H27NO2. The molecule has 24 heavy (non-hydrogen) atoms. The molecule has 0 bridgehead atoms. The average Bonchev–Trinajstić information content (AvgIpc) is 2.60. The van der Waals surface area contributed by atoms with Crippen molar-refractivity contribution in [3.63, 3.8) is 0 Å². The highest BCUT2D eigenvalue weighted by Gasteiger charge is 2.00. The molecule has 0 aromatic heterocycles. The van der Waals surface area contributed by atoms with Crippen molar-refractivity contribution in [3.05, 3.63) is 65.2 Å². The van der Waals surface area contributed by atoms with E-state index in [0.29, 0.717) is 6.42 Å². The third-order valence-corrected chi connectivity index (χ3v) is 4.28. The average molecular weight is 325 g/mol. The van der Waals surface area contributed by atoms with E-state index in [1.54, 1.807) is 0 Å². The van der Waals surface area contributed by atoms with Crippen LogP contribution in [0.3, 0.4) is 0 Å². The number of anilines is 1. The molecule has 0 aliphatic carbocycles. The summed E-state index contributed by atoms with van der Waals surface area (Å²) in [6.45, 7) is 0. The maximum atomic E-state index is 10.4. The Morgan fingerprint density at radius 1 is 0.833 bits per heavy atom. The van der Waals surface area contributed by atoms with Gasteiger partial charge in [-0.05, 0) is 54.5 Å². The molecule has 0 aliphatic rings. The van der Waals surface area contributed by atoms with Crippen LogP contribution in [-0.4, -0.2) is 18.1 Å². The van der Waals surface area contributed by atoms with Gasteiger partial charge in [0.15, 0.2) is 0 Å². The van der Waals surface area contributed by atoms with Crippen molar-refractivity contribution < 1.29 is 9.90 Å². The molecule has 3 nitrogen and oxygen atoms in total. The van der Waals surface area contributed by atoms with E-state index >= 15 is 0 Å². The molecular weight excluding hydrogens is 298 g/mol. The maximum absolute atomic E-state index is 10.4. The molecule has 2 aromatic carbocycles. The van der Waals surface area contributed by atoms with Crippen molar-refractivity contribution in [2.24, 2.45) is 0 Å². The first kappa shape index (κ1) is 18.1. The number of nitrogens with one attached hydrogen (secondary N) is 1. The number of unbranched alkanes of at least 4 members (excludes halogenated alkanes) is 3.